The number of carbonyl (C=O) groups is 1. The minimum atomic E-state index is -3.74. The summed E-state index contributed by atoms with van der Waals surface area (Å²) in [6.07, 6.45) is 5.41. The number of rotatable bonds is 5. The standard InChI is InChI=1S/C20H20N4O3S2/c25-19(23-20-22-17(14-28-20)15-7-6-11-21-13-15)18-10-4-5-12-24(18)29(26,27)16-8-2-1-3-9-16/h1-3,6-9,11,13-14,18H,4-5,10,12H2,(H,22,23,25). The van der Waals surface area contributed by atoms with Crippen LogP contribution in [0.25, 0.3) is 11.3 Å². The van der Waals surface area contributed by atoms with Gasteiger partial charge in [-0.25, -0.2) is 13.4 Å². The monoisotopic (exact) mass is 428 g/mol. The first kappa shape index (κ1) is 19.7. The van der Waals surface area contributed by atoms with Crippen LogP contribution in [0.4, 0.5) is 5.13 Å². The maximum absolute atomic E-state index is 13.1. The van der Waals surface area contributed by atoms with Crippen LogP contribution in [0.3, 0.4) is 0 Å². The smallest absolute Gasteiger partial charge is 0.244 e. The highest BCUT2D eigenvalue weighted by molar-refractivity contribution is 7.89. The Kier molecular flexibility index (Phi) is 5.70. The molecule has 3 aromatic rings. The zero-order valence-electron chi connectivity index (χ0n) is 15.6. The van der Waals surface area contributed by atoms with Crippen LogP contribution in [-0.2, 0) is 14.8 Å². The highest BCUT2D eigenvalue weighted by atomic mass is 32.2. The zero-order chi connectivity index (χ0) is 20.3. The lowest BCUT2D eigenvalue weighted by Crippen LogP contribution is -2.49. The van der Waals surface area contributed by atoms with Gasteiger partial charge in [-0.15, -0.1) is 11.3 Å². The van der Waals surface area contributed by atoms with Crippen molar-refractivity contribution in [2.24, 2.45) is 0 Å². The lowest BCUT2D eigenvalue weighted by molar-refractivity contribution is -0.120. The van der Waals surface area contributed by atoms with Crippen molar-refractivity contribution in [3.63, 3.8) is 0 Å². The number of thiazole rings is 1. The van der Waals surface area contributed by atoms with E-state index < -0.39 is 16.1 Å². The van der Waals surface area contributed by atoms with Gasteiger partial charge in [-0.05, 0) is 37.1 Å². The highest BCUT2D eigenvalue weighted by Gasteiger charge is 2.37. The third-order valence-corrected chi connectivity index (χ3v) is 7.48. The Morgan fingerprint density at radius 1 is 1.14 bits per heavy atom. The average molecular weight is 429 g/mol. The molecule has 4 rings (SSSR count). The molecule has 9 heteroatoms. The Labute approximate surface area is 173 Å². The Hall–Kier alpha value is -2.62. The predicted octanol–water partition coefficient (Wildman–Crippen LogP) is 3.39. The fourth-order valence-corrected chi connectivity index (χ4v) is 5.75. The molecular weight excluding hydrogens is 408 g/mol. The molecule has 1 aliphatic heterocycles. The first-order chi connectivity index (χ1) is 14.1. The molecule has 1 aromatic carbocycles. The molecule has 1 atom stereocenters. The number of hydrogen-bond acceptors (Lipinski definition) is 6. The molecule has 29 heavy (non-hydrogen) atoms. The molecule has 3 heterocycles. The summed E-state index contributed by atoms with van der Waals surface area (Å²) in [5, 5.41) is 5.08. The van der Waals surface area contributed by atoms with Crippen molar-refractivity contribution in [3.8, 4) is 11.3 Å². The number of pyridine rings is 1. The summed E-state index contributed by atoms with van der Waals surface area (Å²) in [5.41, 5.74) is 1.58. The lowest BCUT2D eigenvalue weighted by atomic mass is 10.0. The van der Waals surface area contributed by atoms with Crippen LogP contribution < -0.4 is 5.32 Å². The first-order valence-corrected chi connectivity index (χ1v) is 11.6. The molecule has 0 spiro atoms. The van der Waals surface area contributed by atoms with Crippen LogP contribution in [-0.4, -0.2) is 41.2 Å². The molecule has 1 unspecified atom stereocenters. The van der Waals surface area contributed by atoms with Gasteiger partial charge in [0.25, 0.3) is 0 Å². The number of aromatic nitrogens is 2. The Morgan fingerprint density at radius 3 is 2.72 bits per heavy atom. The van der Waals surface area contributed by atoms with Crippen molar-refractivity contribution in [2.75, 3.05) is 11.9 Å². The van der Waals surface area contributed by atoms with Gasteiger partial charge >= 0.3 is 0 Å². The van der Waals surface area contributed by atoms with Gasteiger partial charge in [-0.3, -0.25) is 9.78 Å². The van der Waals surface area contributed by atoms with Crippen LogP contribution in [0.2, 0.25) is 0 Å². The second-order valence-electron chi connectivity index (χ2n) is 6.71. The van der Waals surface area contributed by atoms with Crippen LogP contribution in [0, 0.1) is 0 Å². The van der Waals surface area contributed by atoms with E-state index in [9.17, 15) is 13.2 Å². The highest BCUT2D eigenvalue weighted by Crippen LogP contribution is 2.28. The fourth-order valence-electron chi connectivity index (χ4n) is 3.35. The SMILES string of the molecule is O=C(Nc1nc(-c2cccnc2)cs1)C1CCCCN1S(=O)(=O)c1ccccc1. The molecule has 0 aliphatic carbocycles. The quantitative estimate of drug-likeness (QED) is 0.672. The van der Waals surface area contributed by atoms with E-state index in [-0.39, 0.29) is 10.8 Å². The van der Waals surface area contributed by atoms with Crippen molar-refractivity contribution in [1.29, 1.82) is 0 Å². The summed E-state index contributed by atoms with van der Waals surface area (Å²) >= 11 is 1.30. The molecule has 1 aliphatic rings. The van der Waals surface area contributed by atoms with Gasteiger partial charge in [0.1, 0.15) is 6.04 Å². The van der Waals surface area contributed by atoms with E-state index in [2.05, 4.69) is 15.3 Å². The number of anilines is 1. The van der Waals surface area contributed by atoms with Gasteiger partial charge in [0.05, 0.1) is 10.6 Å². The van der Waals surface area contributed by atoms with Crippen molar-refractivity contribution < 1.29 is 13.2 Å². The average Bonchev–Trinajstić information content (AvgIpc) is 3.23. The number of nitrogens with zero attached hydrogens (tertiary/aromatic N) is 3. The largest absolute Gasteiger partial charge is 0.301 e. The number of benzene rings is 1. The van der Waals surface area contributed by atoms with E-state index in [1.807, 2.05) is 17.5 Å². The summed E-state index contributed by atoms with van der Waals surface area (Å²) in [6, 6.07) is 11.2. The molecule has 0 saturated carbocycles. The molecule has 2 aromatic heterocycles. The molecule has 1 N–H and O–H groups in total. The summed E-state index contributed by atoms with van der Waals surface area (Å²) in [5.74, 6) is -0.351. The second kappa shape index (κ2) is 8.40. The van der Waals surface area contributed by atoms with Gasteiger partial charge in [0.2, 0.25) is 15.9 Å². The molecular formula is C20H20N4O3S2. The Morgan fingerprint density at radius 2 is 1.97 bits per heavy atom. The minimum absolute atomic E-state index is 0.202. The van der Waals surface area contributed by atoms with Crippen LogP contribution >= 0.6 is 11.3 Å². The van der Waals surface area contributed by atoms with Crippen molar-refractivity contribution in [2.45, 2.75) is 30.2 Å². The van der Waals surface area contributed by atoms with Crippen molar-refractivity contribution in [1.82, 2.24) is 14.3 Å². The van der Waals surface area contributed by atoms with E-state index in [1.165, 1.54) is 15.6 Å². The normalized spacial score (nSPS) is 17.7. The fraction of sp³-hybridized carbons (Fsp3) is 0.250. The summed E-state index contributed by atoms with van der Waals surface area (Å²) in [7, 11) is -3.74. The molecule has 1 saturated heterocycles. The van der Waals surface area contributed by atoms with Gasteiger partial charge in [-0.1, -0.05) is 24.6 Å². The number of amides is 1. The molecule has 7 nitrogen and oxygen atoms in total. The number of carbonyl (C=O) groups excluding carboxylic acids is 1. The number of piperidine rings is 1. The maximum atomic E-state index is 13.1. The van der Waals surface area contributed by atoms with Gasteiger partial charge < -0.3 is 5.32 Å². The third-order valence-electron chi connectivity index (χ3n) is 4.80. The first-order valence-electron chi connectivity index (χ1n) is 9.29. The second-order valence-corrected chi connectivity index (χ2v) is 9.46. The number of nitrogens with one attached hydrogen (secondary N) is 1. The van der Waals surface area contributed by atoms with Crippen LogP contribution in [0.1, 0.15) is 19.3 Å². The Bertz CT molecular complexity index is 1090. The van der Waals surface area contributed by atoms with Gasteiger partial charge in [0, 0.05) is 29.9 Å². The van der Waals surface area contributed by atoms with Gasteiger partial charge in [-0.2, -0.15) is 4.31 Å². The molecule has 150 valence electrons. The zero-order valence-corrected chi connectivity index (χ0v) is 17.2. The van der Waals surface area contributed by atoms with E-state index in [0.717, 1.165) is 24.1 Å². The summed E-state index contributed by atoms with van der Waals surface area (Å²) in [4.78, 5) is 21.7. The van der Waals surface area contributed by atoms with E-state index in [1.54, 1.807) is 42.7 Å². The van der Waals surface area contributed by atoms with Crippen LogP contribution in [0.5, 0.6) is 0 Å². The summed E-state index contributed by atoms with van der Waals surface area (Å²) < 4.78 is 27.5. The van der Waals surface area contributed by atoms with E-state index >= 15 is 0 Å². The molecule has 1 fully saturated rings. The predicted molar refractivity (Wildman–Crippen MR) is 112 cm³/mol. The Balaban J connectivity index is 1.53. The third kappa shape index (κ3) is 4.21. The number of sulfonamides is 1. The van der Waals surface area contributed by atoms with Crippen molar-refractivity contribution >= 4 is 32.4 Å². The topological polar surface area (TPSA) is 92.3 Å². The molecule has 1 amide bonds. The van der Waals surface area contributed by atoms with E-state index in [4.69, 9.17) is 0 Å². The summed E-state index contributed by atoms with van der Waals surface area (Å²) in [6.45, 7) is 0.327. The lowest BCUT2D eigenvalue weighted by Gasteiger charge is -2.33. The van der Waals surface area contributed by atoms with Crippen molar-refractivity contribution in [3.05, 3.63) is 60.2 Å². The number of hydrogen-bond donors (Lipinski definition) is 1. The van der Waals surface area contributed by atoms with Crippen LogP contribution in [0.15, 0.2) is 65.1 Å². The van der Waals surface area contributed by atoms with Gasteiger partial charge in [0.15, 0.2) is 5.13 Å². The van der Waals surface area contributed by atoms with E-state index in [0.29, 0.717) is 18.1 Å². The maximum Gasteiger partial charge on any atom is 0.244 e. The molecule has 0 bridgehead atoms. The molecule has 0 radical (unpaired) electrons. The minimum Gasteiger partial charge on any atom is -0.301 e.